The van der Waals surface area contributed by atoms with Crippen LogP contribution in [0.3, 0.4) is 0 Å². The lowest BCUT2D eigenvalue weighted by Gasteiger charge is -2.09. The molecule has 0 bridgehead atoms. The zero-order valence-electron chi connectivity index (χ0n) is 9.37. The maximum absolute atomic E-state index is 5.64. The molecule has 0 aliphatic carbocycles. The molecular formula is C12H12O3S. The van der Waals surface area contributed by atoms with Crippen LogP contribution in [-0.4, -0.2) is 14.2 Å². The van der Waals surface area contributed by atoms with Crippen molar-refractivity contribution in [1.29, 1.82) is 0 Å². The van der Waals surface area contributed by atoms with Gasteiger partial charge >= 0.3 is 0 Å². The van der Waals surface area contributed by atoms with Crippen LogP contribution in [0.25, 0.3) is 11.0 Å². The van der Waals surface area contributed by atoms with Crippen molar-refractivity contribution >= 4 is 23.2 Å². The van der Waals surface area contributed by atoms with E-state index in [4.69, 9.17) is 26.1 Å². The molecule has 1 aromatic heterocycles. The molecule has 0 aliphatic heterocycles. The lowest BCUT2D eigenvalue weighted by Crippen LogP contribution is -1.90. The Hall–Kier alpha value is -1.55. The normalized spacial score (nSPS) is 10.4. The Morgan fingerprint density at radius 1 is 1.12 bits per heavy atom. The third kappa shape index (κ3) is 1.65. The van der Waals surface area contributed by atoms with Crippen molar-refractivity contribution in [3.05, 3.63) is 28.5 Å². The first-order chi connectivity index (χ1) is 7.67. The van der Waals surface area contributed by atoms with E-state index in [-0.39, 0.29) is 0 Å². The number of hydrogen-bond acceptors (Lipinski definition) is 4. The van der Waals surface area contributed by atoms with Crippen LogP contribution in [0.1, 0.15) is 5.76 Å². The van der Waals surface area contributed by atoms with Crippen molar-refractivity contribution in [3.63, 3.8) is 0 Å². The summed E-state index contributed by atoms with van der Waals surface area (Å²) in [6.07, 6.45) is 0. The second kappa shape index (κ2) is 4.14. The number of ether oxygens (including phenoxy) is 2. The van der Waals surface area contributed by atoms with E-state index in [1.54, 1.807) is 26.4 Å². The Bertz CT molecular complexity index is 587. The molecule has 0 spiro atoms. The van der Waals surface area contributed by atoms with Crippen LogP contribution in [0.2, 0.25) is 0 Å². The molecule has 0 atom stereocenters. The number of hydrogen-bond donors (Lipinski definition) is 0. The molecular weight excluding hydrogens is 224 g/mol. The van der Waals surface area contributed by atoms with Crippen LogP contribution >= 0.6 is 12.2 Å². The molecule has 0 N–H and O–H groups in total. The zero-order valence-corrected chi connectivity index (χ0v) is 10.2. The molecule has 2 aromatic rings. The highest BCUT2D eigenvalue weighted by molar-refractivity contribution is 7.71. The van der Waals surface area contributed by atoms with E-state index in [2.05, 4.69) is 0 Å². The molecule has 16 heavy (non-hydrogen) atoms. The molecule has 0 amide bonds. The molecule has 84 valence electrons. The van der Waals surface area contributed by atoms with Gasteiger partial charge in [-0.1, -0.05) is 12.2 Å². The highest BCUT2D eigenvalue weighted by Gasteiger charge is 2.11. The molecule has 1 aromatic carbocycles. The smallest absolute Gasteiger partial charge is 0.181 e. The molecule has 0 saturated heterocycles. The Kier molecular flexibility index (Phi) is 2.83. The van der Waals surface area contributed by atoms with Crippen LogP contribution in [-0.2, 0) is 0 Å². The van der Waals surface area contributed by atoms with Crippen molar-refractivity contribution in [3.8, 4) is 11.5 Å². The van der Waals surface area contributed by atoms with E-state index in [0.717, 1.165) is 11.1 Å². The highest BCUT2D eigenvalue weighted by Crippen LogP contribution is 2.34. The topological polar surface area (TPSA) is 31.6 Å². The molecule has 2 rings (SSSR count). The van der Waals surface area contributed by atoms with Gasteiger partial charge in [-0.3, -0.25) is 0 Å². The highest BCUT2D eigenvalue weighted by atomic mass is 32.1. The molecule has 1 heterocycles. The molecule has 0 radical (unpaired) electrons. The van der Waals surface area contributed by atoms with Crippen LogP contribution in [0.15, 0.2) is 22.6 Å². The minimum absolute atomic E-state index is 0.631. The summed E-state index contributed by atoms with van der Waals surface area (Å²) in [5, 5.41) is 0.780. The van der Waals surface area contributed by atoms with Crippen molar-refractivity contribution in [1.82, 2.24) is 0 Å². The average Bonchev–Trinajstić information content (AvgIpc) is 2.27. The van der Waals surface area contributed by atoms with E-state index in [9.17, 15) is 0 Å². The fourth-order valence-electron chi connectivity index (χ4n) is 1.66. The average molecular weight is 236 g/mol. The van der Waals surface area contributed by atoms with Crippen molar-refractivity contribution in [2.75, 3.05) is 14.2 Å². The minimum atomic E-state index is 0.631. The van der Waals surface area contributed by atoms with E-state index in [0.29, 0.717) is 21.6 Å². The lowest BCUT2D eigenvalue weighted by molar-refractivity contribution is 0.400. The summed E-state index contributed by atoms with van der Waals surface area (Å²) in [5.41, 5.74) is 0.631. The van der Waals surface area contributed by atoms with Crippen LogP contribution in [0.5, 0.6) is 11.5 Å². The van der Waals surface area contributed by atoms with Crippen molar-refractivity contribution in [2.24, 2.45) is 0 Å². The maximum Gasteiger partial charge on any atom is 0.181 e. The van der Waals surface area contributed by atoms with Crippen LogP contribution in [0.4, 0.5) is 0 Å². The van der Waals surface area contributed by atoms with Gasteiger partial charge in [-0.25, -0.2) is 0 Å². The Labute approximate surface area is 98.6 Å². The maximum atomic E-state index is 5.64. The fourth-order valence-corrected chi connectivity index (χ4v) is 2.02. The summed E-state index contributed by atoms with van der Waals surface area (Å²) < 4.78 is 16.8. The molecule has 0 aliphatic rings. The zero-order chi connectivity index (χ0) is 11.7. The van der Waals surface area contributed by atoms with Gasteiger partial charge in [0.15, 0.2) is 11.3 Å². The number of rotatable bonds is 2. The number of benzene rings is 1. The largest absolute Gasteiger partial charge is 0.496 e. The predicted molar refractivity (Wildman–Crippen MR) is 64.9 cm³/mol. The van der Waals surface area contributed by atoms with E-state index < -0.39 is 0 Å². The quantitative estimate of drug-likeness (QED) is 0.747. The first kappa shape index (κ1) is 11.0. The van der Waals surface area contributed by atoms with Gasteiger partial charge in [0, 0.05) is 0 Å². The Morgan fingerprint density at radius 3 is 2.38 bits per heavy atom. The first-order valence-electron chi connectivity index (χ1n) is 4.83. The number of aryl methyl sites for hydroxylation is 1. The minimum Gasteiger partial charge on any atom is -0.496 e. The lowest BCUT2D eigenvalue weighted by atomic mass is 10.2. The van der Waals surface area contributed by atoms with Crippen LogP contribution in [0, 0.1) is 11.4 Å². The van der Waals surface area contributed by atoms with Gasteiger partial charge < -0.3 is 13.9 Å². The van der Waals surface area contributed by atoms with E-state index >= 15 is 0 Å². The Morgan fingerprint density at radius 2 is 1.75 bits per heavy atom. The second-order valence-electron chi connectivity index (χ2n) is 3.40. The summed E-state index contributed by atoms with van der Waals surface area (Å²) in [5.74, 6) is 2.11. The van der Waals surface area contributed by atoms with Crippen molar-refractivity contribution < 1.29 is 13.9 Å². The van der Waals surface area contributed by atoms with Gasteiger partial charge in [0.05, 0.1) is 24.1 Å². The molecule has 0 saturated carbocycles. The number of methoxy groups -OCH3 is 2. The summed E-state index contributed by atoms with van der Waals surface area (Å²) in [4.78, 5) is 0. The van der Waals surface area contributed by atoms with Crippen molar-refractivity contribution in [2.45, 2.75) is 6.92 Å². The molecule has 0 unspecified atom stereocenters. The summed E-state index contributed by atoms with van der Waals surface area (Å²) >= 11 is 5.31. The predicted octanol–water partition coefficient (Wildman–Crippen LogP) is 3.49. The van der Waals surface area contributed by atoms with Gasteiger partial charge in [-0.15, -0.1) is 0 Å². The van der Waals surface area contributed by atoms with E-state index in [1.165, 1.54) is 0 Å². The molecule has 0 fully saturated rings. The first-order valence-corrected chi connectivity index (χ1v) is 5.23. The number of fused-ring (bicyclic) bond motifs is 1. The van der Waals surface area contributed by atoms with Gasteiger partial charge in [0.1, 0.15) is 11.5 Å². The molecule has 3 nitrogen and oxygen atoms in total. The Balaban J connectivity index is 2.96. The molecule has 4 heteroatoms. The van der Waals surface area contributed by atoms with Gasteiger partial charge in [-0.2, -0.15) is 0 Å². The third-order valence-electron chi connectivity index (χ3n) is 2.37. The fraction of sp³-hybridized carbons (Fsp3) is 0.250. The monoisotopic (exact) mass is 236 g/mol. The van der Waals surface area contributed by atoms with Gasteiger partial charge in [0.25, 0.3) is 0 Å². The summed E-state index contributed by atoms with van der Waals surface area (Å²) in [6, 6.07) is 5.43. The van der Waals surface area contributed by atoms with E-state index in [1.807, 2.05) is 13.0 Å². The summed E-state index contributed by atoms with van der Waals surface area (Å²) in [6.45, 7) is 1.86. The second-order valence-corrected chi connectivity index (χ2v) is 3.84. The van der Waals surface area contributed by atoms with Gasteiger partial charge in [-0.05, 0) is 25.1 Å². The standard InChI is InChI=1S/C12H12O3S/c1-7-6-10(16)11-8(13-2)4-5-9(14-3)12(11)15-7/h4-6H,1-3H3. The van der Waals surface area contributed by atoms with Gasteiger partial charge in [0.2, 0.25) is 0 Å². The third-order valence-corrected chi connectivity index (χ3v) is 2.69. The SMILES string of the molecule is COc1ccc(OC)c2c(=S)cc(C)oc12. The summed E-state index contributed by atoms with van der Waals surface area (Å²) in [7, 11) is 3.21. The van der Waals surface area contributed by atoms with Crippen LogP contribution < -0.4 is 9.47 Å².